The predicted molar refractivity (Wildman–Crippen MR) is 78.7 cm³/mol. The molecule has 0 bridgehead atoms. The number of nitrogens with zero attached hydrogens (tertiary/aromatic N) is 1. The molecule has 0 aromatic rings. The zero-order chi connectivity index (χ0) is 19.7. The quantitative estimate of drug-likeness (QED) is 0.220. The van der Waals surface area contributed by atoms with Crippen LogP contribution < -0.4 is 5.11 Å². The van der Waals surface area contributed by atoms with Crippen molar-refractivity contribution in [3.05, 3.63) is 0 Å². The van der Waals surface area contributed by atoms with Gasteiger partial charge in [0.25, 0.3) is 0 Å². The van der Waals surface area contributed by atoms with Gasteiger partial charge in [0.1, 0.15) is 5.41 Å². The number of alkyl halides is 3. The van der Waals surface area contributed by atoms with Gasteiger partial charge in [-0.15, -0.1) is 0 Å². The van der Waals surface area contributed by atoms with E-state index in [4.69, 9.17) is 4.74 Å². The first-order chi connectivity index (χ1) is 11.5. The summed E-state index contributed by atoms with van der Waals surface area (Å²) in [6, 6.07) is 0. The number of ether oxygens (including phenoxy) is 1. The number of esters is 1. The summed E-state index contributed by atoms with van der Waals surface area (Å²) >= 11 is 0. The Labute approximate surface area is 143 Å². The molecule has 0 saturated carbocycles. The molecule has 0 saturated heterocycles. The smallest absolute Gasteiger partial charge is 0.518 e. The fourth-order valence-electron chi connectivity index (χ4n) is 1.85. The Morgan fingerprint density at radius 2 is 1.76 bits per heavy atom. The highest BCUT2D eigenvalue weighted by Gasteiger charge is 2.45. The molecule has 0 rings (SSSR count). The normalized spacial score (nSPS) is 13.8. The molecule has 0 radical (unpaired) electrons. The number of carbonyl (C=O) groups excluding carboxylic acids is 1. The molecule has 8 nitrogen and oxygen atoms in total. The average molecular weight is 392 g/mol. The van der Waals surface area contributed by atoms with Crippen molar-refractivity contribution in [3.8, 4) is 0 Å². The molecule has 0 unspecified atom stereocenters. The Kier molecular flexibility index (Phi) is 9.37. The lowest BCUT2D eigenvalue weighted by molar-refractivity contribution is -0.218. The van der Waals surface area contributed by atoms with E-state index in [0.29, 0.717) is 6.42 Å². The van der Waals surface area contributed by atoms with Crippen molar-refractivity contribution >= 4 is 21.9 Å². The lowest BCUT2D eigenvalue weighted by Gasteiger charge is -2.26. The number of hydrogen-bond acceptors (Lipinski definition) is 7. The van der Waals surface area contributed by atoms with Crippen LogP contribution in [0.3, 0.4) is 0 Å². The largest absolute Gasteiger partial charge is 0.861 e. The number of hydrogen-bond donors (Lipinski definition) is 2. The molecule has 0 aliphatic heterocycles. The van der Waals surface area contributed by atoms with Crippen LogP contribution in [-0.4, -0.2) is 55.8 Å². The van der Waals surface area contributed by atoms with Gasteiger partial charge in [-0.3, -0.25) is 4.79 Å². The summed E-state index contributed by atoms with van der Waals surface area (Å²) in [5, 5.41) is 29.6. The van der Waals surface area contributed by atoms with Gasteiger partial charge < -0.3 is 20.1 Å². The first kappa shape index (κ1) is 23.6. The van der Waals surface area contributed by atoms with Crippen LogP contribution in [0.5, 0.6) is 0 Å². The first-order valence-electron chi connectivity index (χ1n) is 7.42. The van der Waals surface area contributed by atoms with E-state index in [1.165, 1.54) is 0 Å². The SMILES string of the molecule is CCCC(CO)(CO)C(=O)OCCCC/C([O-])=N/S(=O)(=O)C(F)(F)F. The summed E-state index contributed by atoms with van der Waals surface area (Å²) in [5.74, 6) is -2.27. The van der Waals surface area contributed by atoms with E-state index in [2.05, 4.69) is 4.40 Å². The molecule has 12 heteroatoms. The van der Waals surface area contributed by atoms with Gasteiger partial charge in [-0.25, -0.2) is 0 Å². The molecular formula is C13H21F3NO7S-. The van der Waals surface area contributed by atoms with E-state index in [1.807, 2.05) is 0 Å². The van der Waals surface area contributed by atoms with Gasteiger partial charge in [-0.2, -0.15) is 26.0 Å². The third kappa shape index (κ3) is 7.16. The third-order valence-electron chi connectivity index (χ3n) is 3.30. The molecule has 0 amide bonds. The van der Waals surface area contributed by atoms with Crippen molar-refractivity contribution in [1.29, 1.82) is 0 Å². The van der Waals surface area contributed by atoms with Crippen LogP contribution in [0.15, 0.2) is 4.40 Å². The molecule has 25 heavy (non-hydrogen) atoms. The standard InChI is InChI=1S/C13H22F3NO7S/c1-2-6-12(8-18,9-19)11(21)24-7-4-3-5-10(20)17-25(22,23)13(14,15)16/h18-19H,2-9H2,1H3,(H,17,20)/p-1. The molecule has 0 aliphatic carbocycles. The van der Waals surface area contributed by atoms with Gasteiger partial charge >= 0.3 is 21.5 Å². The van der Waals surface area contributed by atoms with Crippen molar-refractivity contribution in [2.75, 3.05) is 19.8 Å². The first-order valence-corrected chi connectivity index (χ1v) is 8.86. The number of aliphatic hydroxyl groups excluding tert-OH is 2. The molecule has 148 valence electrons. The number of unbranched alkanes of at least 4 members (excludes halogenated alkanes) is 1. The summed E-state index contributed by atoms with van der Waals surface area (Å²) in [5.41, 5.74) is -7.06. The Balaban J connectivity index is 4.41. The van der Waals surface area contributed by atoms with Gasteiger partial charge in [-0.05, 0) is 31.6 Å². The lowest BCUT2D eigenvalue weighted by atomic mass is 9.85. The number of halogens is 3. The van der Waals surface area contributed by atoms with Crippen LogP contribution in [0, 0.1) is 5.41 Å². The van der Waals surface area contributed by atoms with Crippen LogP contribution in [0.1, 0.15) is 39.0 Å². The van der Waals surface area contributed by atoms with E-state index in [9.17, 15) is 41.7 Å². The van der Waals surface area contributed by atoms with Gasteiger partial charge in [0.05, 0.1) is 19.8 Å². The number of aliphatic hydroxyl groups is 2. The minimum Gasteiger partial charge on any atom is -0.861 e. The maximum Gasteiger partial charge on any atom is 0.518 e. The number of carbonyl (C=O) groups is 1. The molecule has 0 heterocycles. The Bertz CT molecular complexity index is 556. The summed E-state index contributed by atoms with van der Waals surface area (Å²) < 4.78 is 64.4. The fourth-order valence-corrected chi connectivity index (χ4v) is 2.31. The fraction of sp³-hybridized carbons (Fsp3) is 0.846. The zero-order valence-electron chi connectivity index (χ0n) is 13.6. The highest BCUT2D eigenvalue weighted by atomic mass is 32.2. The molecule has 2 N–H and O–H groups in total. The summed E-state index contributed by atoms with van der Waals surface area (Å²) in [7, 11) is -5.85. The summed E-state index contributed by atoms with van der Waals surface area (Å²) in [4.78, 5) is 11.9. The molecule has 0 fully saturated rings. The molecule has 0 spiro atoms. The highest BCUT2D eigenvalue weighted by Crippen LogP contribution is 2.25. The molecule has 0 aromatic heterocycles. The minimum atomic E-state index is -5.85. The van der Waals surface area contributed by atoms with Crippen molar-refractivity contribution in [1.82, 2.24) is 0 Å². The predicted octanol–water partition coefficient (Wildman–Crippen LogP) is 0.0794. The maximum atomic E-state index is 12.0. The van der Waals surface area contributed by atoms with Crippen LogP contribution in [0.4, 0.5) is 13.2 Å². The van der Waals surface area contributed by atoms with Gasteiger partial charge in [-0.1, -0.05) is 13.3 Å². The maximum absolute atomic E-state index is 12.0. The molecule has 0 aromatic carbocycles. The molecule has 0 atom stereocenters. The monoisotopic (exact) mass is 392 g/mol. The molecular weight excluding hydrogens is 371 g/mol. The van der Waals surface area contributed by atoms with Crippen LogP contribution >= 0.6 is 0 Å². The van der Waals surface area contributed by atoms with Gasteiger partial charge in [0, 0.05) is 0 Å². The van der Waals surface area contributed by atoms with E-state index in [0.717, 1.165) is 0 Å². The second kappa shape index (κ2) is 9.92. The Morgan fingerprint density at radius 3 is 2.20 bits per heavy atom. The van der Waals surface area contributed by atoms with Gasteiger partial charge in [0.2, 0.25) is 0 Å². The third-order valence-corrected chi connectivity index (χ3v) is 4.33. The second-order valence-corrected chi connectivity index (χ2v) is 6.94. The topological polar surface area (TPSA) is 136 Å². The number of sulfonamides is 1. The van der Waals surface area contributed by atoms with Crippen molar-refractivity contribution < 1.29 is 46.4 Å². The van der Waals surface area contributed by atoms with Crippen molar-refractivity contribution in [3.63, 3.8) is 0 Å². The van der Waals surface area contributed by atoms with Crippen LogP contribution in [0.2, 0.25) is 0 Å². The summed E-state index contributed by atoms with van der Waals surface area (Å²) in [6.07, 6.45) is 0.165. The van der Waals surface area contributed by atoms with Crippen molar-refractivity contribution in [2.45, 2.75) is 44.5 Å². The van der Waals surface area contributed by atoms with Crippen molar-refractivity contribution in [2.24, 2.45) is 9.81 Å². The zero-order valence-corrected chi connectivity index (χ0v) is 14.4. The minimum absolute atomic E-state index is 0.0536. The summed E-state index contributed by atoms with van der Waals surface area (Å²) in [6.45, 7) is 0.326. The van der Waals surface area contributed by atoms with E-state index in [-0.39, 0.29) is 25.9 Å². The molecule has 0 aliphatic rings. The van der Waals surface area contributed by atoms with Crippen LogP contribution in [-0.2, 0) is 19.6 Å². The second-order valence-electron chi connectivity index (χ2n) is 5.35. The lowest BCUT2D eigenvalue weighted by Crippen LogP contribution is -2.40. The Morgan fingerprint density at radius 1 is 1.20 bits per heavy atom. The number of rotatable bonds is 11. The average Bonchev–Trinajstić information content (AvgIpc) is 2.50. The van der Waals surface area contributed by atoms with Crippen LogP contribution in [0.25, 0.3) is 0 Å². The van der Waals surface area contributed by atoms with E-state index < -0.39 is 52.4 Å². The van der Waals surface area contributed by atoms with E-state index in [1.54, 1.807) is 6.92 Å². The Hall–Kier alpha value is -1.40. The highest BCUT2D eigenvalue weighted by molar-refractivity contribution is 7.91. The van der Waals surface area contributed by atoms with Gasteiger partial charge in [0.15, 0.2) is 0 Å². The van der Waals surface area contributed by atoms with E-state index >= 15 is 0 Å².